The Bertz CT molecular complexity index is 520. The molecule has 0 atom stereocenters. The van der Waals surface area contributed by atoms with Crippen LogP contribution in [-0.2, 0) is 20.7 Å². The first-order chi connectivity index (χ1) is 10.5. The molecule has 0 radical (unpaired) electrons. The second-order valence-corrected chi connectivity index (χ2v) is 7.25. The Kier molecular flexibility index (Phi) is 5.97. The molecule has 0 unspecified atom stereocenters. The number of aliphatic carboxylic acids is 1. The lowest BCUT2D eigenvalue weighted by Crippen LogP contribution is -2.53. The van der Waals surface area contributed by atoms with Crippen molar-refractivity contribution >= 4 is 23.2 Å². The molecule has 2 N–H and O–H groups in total. The summed E-state index contributed by atoms with van der Waals surface area (Å²) in [6, 6.07) is 4.19. The molecule has 1 aliphatic rings. The summed E-state index contributed by atoms with van der Waals surface area (Å²) in [7, 11) is 0. The lowest BCUT2D eigenvalue weighted by Gasteiger charge is -2.36. The van der Waals surface area contributed by atoms with E-state index in [9.17, 15) is 9.59 Å². The number of hydrogen-bond donors (Lipinski definition) is 2. The maximum Gasteiger partial charge on any atom is 0.305 e. The fraction of sp³-hybridized carbons (Fsp3) is 0.625. The van der Waals surface area contributed by atoms with E-state index < -0.39 is 11.5 Å². The number of aryl methyl sites for hydroxylation is 2. The van der Waals surface area contributed by atoms with Gasteiger partial charge in [-0.2, -0.15) is 0 Å². The van der Waals surface area contributed by atoms with Crippen molar-refractivity contribution in [2.24, 2.45) is 0 Å². The molecule has 122 valence electrons. The molecule has 0 aromatic carbocycles. The van der Waals surface area contributed by atoms with Crippen LogP contribution in [0.25, 0.3) is 0 Å². The van der Waals surface area contributed by atoms with E-state index in [1.807, 2.05) is 0 Å². The highest BCUT2D eigenvalue weighted by atomic mass is 32.1. The fourth-order valence-electron chi connectivity index (χ4n) is 2.80. The number of nitrogens with one attached hydrogen (secondary N) is 1. The number of amides is 1. The lowest BCUT2D eigenvalue weighted by molar-refractivity contribution is -0.140. The van der Waals surface area contributed by atoms with Gasteiger partial charge in [-0.05, 0) is 44.7 Å². The summed E-state index contributed by atoms with van der Waals surface area (Å²) in [6.07, 6.45) is 3.20. The van der Waals surface area contributed by atoms with Gasteiger partial charge in [-0.15, -0.1) is 11.3 Å². The molecule has 1 aromatic heterocycles. The SMILES string of the molecule is Cc1ccc(CCCC(=O)NC2(CC(=O)O)CCOCC2)s1. The Morgan fingerprint density at radius 3 is 2.68 bits per heavy atom. The first kappa shape index (κ1) is 17.0. The molecular weight excluding hydrogens is 302 g/mol. The van der Waals surface area contributed by atoms with E-state index in [0.29, 0.717) is 32.5 Å². The quantitative estimate of drug-likeness (QED) is 0.808. The summed E-state index contributed by atoms with van der Waals surface area (Å²) in [5.41, 5.74) is -0.638. The molecule has 1 saturated heterocycles. The Labute approximate surface area is 134 Å². The third-order valence-corrected chi connectivity index (χ3v) is 5.03. The number of carboxylic acid groups (broad SMARTS) is 1. The average molecular weight is 325 g/mol. The molecule has 2 rings (SSSR count). The number of rotatable bonds is 7. The zero-order valence-electron chi connectivity index (χ0n) is 12.9. The average Bonchev–Trinajstić information content (AvgIpc) is 2.84. The summed E-state index contributed by atoms with van der Waals surface area (Å²) in [5.74, 6) is -0.937. The van der Waals surface area contributed by atoms with Crippen LogP contribution in [0.5, 0.6) is 0 Å². The van der Waals surface area contributed by atoms with E-state index in [1.54, 1.807) is 11.3 Å². The summed E-state index contributed by atoms with van der Waals surface area (Å²) >= 11 is 1.76. The monoisotopic (exact) mass is 325 g/mol. The largest absolute Gasteiger partial charge is 0.481 e. The molecule has 1 fully saturated rings. The van der Waals surface area contributed by atoms with Gasteiger partial charge in [0.1, 0.15) is 0 Å². The molecule has 0 aliphatic carbocycles. The maximum absolute atomic E-state index is 12.2. The van der Waals surface area contributed by atoms with E-state index in [-0.39, 0.29) is 12.3 Å². The van der Waals surface area contributed by atoms with Crippen LogP contribution in [0, 0.1) is 6.92 Å². The molecule has 22 heavy (non-hydrogen) atoms. The van der Waals surface area contributed by atoms with Crippen LogP contribution in [-0.4, -0.2) is 35.7 Å². The molecule has 1 aliphatic heterocycles. The van der Waals surface area contributed by atoms with E-state index in [0.717, 1.165) is 12.8 Å². The van der Waals surface area contributed by atoms with Crippen LogP contribution in [0.4, 0.5) is 0 Å². The van der Waals surface area contributed by atoms with Gasteiger partial charge >= 0.3 is 5.97 Å². The highest BCUT2D eigenvalue weighted by Crippen LogP contribution is 2.25. The molecular formula is C16H23NO4S. The minimum Gasteiger partial charge on any atom is -0.481 e. The van der Waals surface area contributed by atoms with Crippen LogP contribution in [0.2, 0.25) is 0 Å². The zero-order chi connectivity index (χ0) is 16.0. The first-order valence-electron chi connectivity index (χ1n) is 7.65. The minimum atomic E-state index is -0.878. The number of carbonyl (C=O) groups is 2. The van der Waals surface area contributed by atoms with Crippen LogP contribution in [0.15, 0.2) is 12.1 Å². The highest BCUT2D eigenvalue weighted by molar-refractivity contribution is 7.11. The van der Waals surface area contributed by atoms with Crippen LogP contribution in [0.1, 0.15) is 41.9 Å². The van der Waals surface area contributed by atoms with Gasteiger partial charge in [-0.25, -0.2) is 0 Å². The second-order valence-electron chi connectivity index (χ2n) is 5.88. The zero-order valence-corrected chi connectivity index (χ0v) is 13.7. The van der Waals surface area contributed by atoms with Crippen molar-refractivity contribution in [2.75, 3.05) is 13.2 Å². The van der Waals surface area contributed by atoms with Crippen molar-refractivity contribution in [3.8, 4) is 0 Å². The van der Waals surface area contributed by atoms with Crippen LogP contribution < -0.4 is 5.32 Å². The van der Waals surface area contributed by atoms with E-state index >= 15 is 0 Å². The molecule has 0 saturated carbocycles. The van der Waals surface area contributed by atoms with Gasteiger partial charge in [0.05, 0.1) is 12.0 Å². The third-order valence-electron chi connectivity index (χ3n) is 3.97. The smallest absolute Gasteiger partial charge is 0.305 e. The molecule has 1 aromatic rings. The van der Waals surface area contributed by atoms with Crippen molar-refractivity contribution in [2.45, 2.75) is 51.0 Å². The van der Waals surface area contributed by atoms with Crippen molar-refractivity contribution < 1.29 is 19.4 Å². The number of carboxylic acids is 1. The molecule has 6 heteroatoms. The number of carbonyl (C=O) groups excluding carboxylic acids is 1. The molecule has 2 heterocycles. The Hall–Kier alpha value is -1.40. The number of hydrogen-bond acceptors (Lipinski definition) is 4. The number of ether oxygens (including phenoxy) is 1. The Morgan fingerprint density at radius 1 is 1.36 bits per heavy atom. The van der Waals surface area contributed by atoms with Crippen molar-refractivity contribution in [3.63, 3.8) is 0 Å². The van der Waals surface area contributed by atoms with Gasteiger partial charge in [-0.3, -0.25) is 9.59 Å². The van der Waals surface area contributed by atoms with Gasteiger partial charge in [0, 0.05) is 29.4 Å². The van der Waals surface area contributed by atoms with E-state index in [2.05, 4.69) is 24.4 Å². The van der Waals surface area contributed by atoms with Crippen LogP contribution in [0.3, 0.4) is 0 Å². The maximum atomic E-state index is 12.2. The van der Waals surface area contributed by atoms with Crippen molar-refractivity contribution in [3.05, 3.63) is 21.9 Å². The van der Waals surface area contributed by atoms with Gasteiger partial charge < -0.3 is 15.2 Å². The highest BCUT2D eigenvalue weighted by Gasteiger charge is 2.36. The summed E-state index contributed by atoms with van der Waals surface area (Å²) in [6.45, 7) is 3.08. The topological polar surface area (TPSA) is 75.6 Å². The third kappa shape index (κ3) is 5.10. The molecule has 5 nitrogen and oxygen atoms in total. The fourth-order valence-corrected chi connectivity index (χ4v) is 3.73. The van der Waals surface area contributed by atoms with E-state index in [1.165, 1.54) is 9.75 Å². The Balaban J connectivity index is 1.81. The Morgan fingerprint density at radius 2 is 2.09 bits per heavy atom. The van der Waals surface area contributed by atoms with Gasteiger partial charge in [-0.1, -0.05) is 0 Å². The van der Waals surface area contributed by atoms with Gasteiger partial charge in [0.25, 0.3) is 0 Å². The normalized spacial score (nSPS) is 17.1. The molecule has 1 amide bonds. The lowest BCUT2D eigenvalue weighted by atomic mass is 9.86. The van der Waals surface area contributed by atoms with Gasteiger partial charge in [0.15, 0.2) is 0 Å². The van der Waals surface area contributed by atoms with Gasteiger partial charge in [0.2, 0.25) is 5.91 Å². The standard InChI is InChI=1S/C16H23NO4S/c1-12-5-6-13(22-12)3-2-4-14(18)17-16(11-15(19)20)7-9-21-10-8-16/h5-6H,2-4,7-11H2,1H3,(H,17,18)(H,19,20). The predicted molar refractivity (Wildman–Crippen MR) is 85.2 cm³/mol. The first-order valence-corrected chi connectivity index (χ1v) is 8.47. The number of thiophene rings is 1. The van der Waals surface area contributed by atoms with Crippen molar-refractivity contribution in [1.82, 2.24) is 5.32 Å². The summed E-state index contributed by atoms with van der Waals surface area (Å²) in [4.78, 5) is 25.8. The van der Waals surface area contributed by atoms with Crippen molar-refractivity contribution in [1.29, 1.82) is 0 Å². The predicted octanol–water partition coefficient (Wildman–Crippen LogP) is 2.52. The molecule has 0 spiro atoms. The molecule has 0 bridgehead atoms. The van der Waals surface area contributed by atoms with E-state index in [4.69, 9.17) is 9.84 Å². The second kappa shape index (κ2) is 7.74. The summed E-state index contributed by atoms with van der Waals surface area (Å²) < 4.78 is 5.29. The summed E-state index contributed by atoms with van der Waals surface area (Å²) in [5, 5.41) is 12.0. The minimum absolute atomic E-state index is 0.0355. The van der Waals surface area contributed by atoms with Crippen LogP contribution >= 0.6 is 11.3 Å².